The van der Waals surface area contributed by atoms with E-state index in [4.69, 9.17) is 5.26 Å². The van der Waals surface area contributed by atoms with Crippen molar-refractivity contribution in [2.24, 2.45) is 4.99 Å². The summed E-state index contributed by atoms with van der Waals surface area (Å²) in [4.78, 5) is 9.16. The molecule has 0 spiro atoms. The molecule has 5 rings (SSSR count). The van der Waals surface area contributed by atoms with Gasteiger partial charge < -0.3 is 20.4 Å². The molecule has 0 aliphatic carbocycles. The molecule has 3 aliphatic rings. The number of likely N-dealkylation sites (tertiary alicyclic amines) is 2. The average Bonchev–Trinajstić information content (AvgIpc) is 2.86. The molecule has 7 heteroatoms. The molecule has 0 atom stereocenters. The highest BCUT2D eigenvalue weighted by Crippen LogP contribution is 2.33. The van der Waals surface area contributed by atoms with E-state index in [0.717, 1.165) is 61.7 Å². The summed E-state index contributed by atoms with van der Waals surface area (Å²) in [5, 5.41) is 15.7. The van der Waals surface area contributed by atoms with Gasteiger partial charge in [0.15, 0.2) is 0 Å². The van der Waals surface area contributed by atoms with Gasteiger partial charge in [-0.05, 0) is 67.5 Å². The molecular formula is C30H33FN6. The zero-order valence-corrected chi connectivity index (χ0v) is 21.4. The number of hydrogen-bond acceptors (Lipinski definition) is 6. The minimum atomic E-state index is -0.319. The van der Waals surface area contributed by atoms with Crippen molar-refractivity contribution in [2.75, 3.05) is 32.8 Å². The quantitative estimate of drug-likeness (QED) is 0.622. The number of hydrogen-bond donors (Lipinski definition) is 2. The van der Waals surface area contributed by atoms with Crippen molar-refractivity contribution in [1.82, 2.24) is 20.4 Å². The van der Waals surface area contributed by atoms with Crippen LogP contribution >= 0.6 is 0 Å². The van der Waals surface area contributed by atoms with Crippen LogP contribution in [0.1, 0.15) is 53.0 Å². The van der Waals surface area contributed by atoms with Gasteiger partial charge >= 0.3 is 0 Å². The second kappa shape index (κ2) is 10.5. The van der Waals surface area contributed by atoms with E-state index in [-0.39, 0.29) is 5.82 Å². The molecular weight excluding hydrogens is 463 g/mol. The molecule has 2 aromatic rings. The molecule has 0 saturated carbocycles. The minimum absolute atomic E-state index is 0.319. The van der Waals surface area contributed by atoms with Crippen LogP contribution in [0.3, 0.4) is 0 Å². The molecule has 0 bridgehead atoms. The van der Waals surface area contributed by atoms with Gasteiger partial charge in [0, 0.05) is 43.5 Å². The van der Waals surface area contributed by atoms with Crippen LogP contribution in [-0.2, 0) is 0 Å². The molecule has 0 aromatic heterocycles. The van der Waals surface area contributed by atoms with Crippen molar-refractivity contribution in [1.29, 1.82) is 5.26 Å². The maximum Gasteiger partial charge on any atom is 0.138 e. The molecule has 0 radical (unpaired) electrons. The molecule has 0 unspecified atom stereocenters. The Balaban J connectivity index is 1.32. The van der Waals surface area contributed by atoms with Gasteiger partial charge in [-0.2, -0.15) is 5.26 Å². The number of halogens is 1. The second-order valence-corrected chi connectivity index (χ2v) is 9.94. The molecule has 6 nitrogen and oxygen atoms in total. The third-order valence-corrected chi connectivity index (χ3v) is 7.55. The molecule has 2 fully saturated rings. The van der Waals surface area contributed by atoms with E-state index in [2.05, 4.69) is 56.8 Å². The average molecular weight is 497 g/mol. The van der Waals surface area contributed by atoms with Gasteiger partial charge in [-0.25, -0.2) is 9.38 Å². The molecule has 190 valence electrons. The van der Waals surface area contributed by atoms with Crippen molar-refractivity contribution in [2.45, 2.75) is 32.1 Å². The Labute approximate surface area is 218 Å². The summed E-state index contributed by atoms with van der Waals surface area (Å²) in [6.45, 7) is 14.6. The number of nitrogens with one attached hydrogen (secondary N) is 2. The number of rotatable bonds is 5. The lowest BCUT2D eigenvalue weighted by Gasteiger charge is -2.36. The fraction of sp³-hybridized carbons (Fsp3) is 0.333. The molecule has 0 amide bonds. The van der Waals surface area contributed by atoms with Crippen molar-refractivity contribution >= 4 is 11.5 Å². The lowest BCUT2D eigenvalue weighted by atomic mass is 9.88. The lowest BCUT2D eigenvalue weighted by Crippen LogP contribution is -2.45. The van der Waals surface area contributed by atoms with Gasteiger partial charge in [0.2, 0.25) is 0 Å². The number of nitrogens with zero attached hydrogens (tertiary/aromatic N) is 4. The predicted octanol–water partition coefficient (Wildman–Crippen LogP) is 4.81. The number of aryl methyl sites for hydroxylation is 1. The molecule has 37 heavy (non-hydrogen) atoms. The summed E-state index contributed by atoms with van der Waals surface area (Å²) in [6, 6.07) is 13.5. The highest BCUT2D eigenvalue weighted by atomic mass is 19.1. The first-order chi connectivity index (χ1) is 17.9. The van der Waals surface area contributed by atoms with E-state index >= 15 is 4.39 Å². The number of allylic oxidation sites excluding steroid dienone is 1. The predicted molar refractivity (Wildman–Crippen MR) is 146 cm³/mol. The number of nitriles is 1. The number of piperidine rings is 1. The molecule has 3 heterocycles. The highest BCUT2D eigenvalue weighted by molar-refractivity contribution is 6.00. The molecule has 2 aromatic carbocycles. The SMILES string of the molecule is C=C1/C=C(/N2CCC2)NCN/C(c2cc(C(=C)N3CCC(c4ccc(C#N)cc4)CC3)c(C)cc2F)=N\1. The van der Waals surface area contributed by atoms with E-state index in [0.29, 0.717) is 35.2 Å². The van der Waals surface area contributed by atoms with E-state index in [9.17, 15) is 0 Å². The Bertz CT molecular complexity index is 1300. The van der Waals surface area contributed by atoms with Crippen LogP contribution in [0.25, 0.3) is 5.70 Å². The molecule has 2 N–H and O–H groups in total. The van der Waals surface area contributed by atoms with Gasteiger partial charge in [-0.3, -0.25) is 0 Å². The summed E-state index contributed by atoms with van der Waals surface area (Å²) < 4.78 is 15.2. The Hall–Kier alpha value is -4.05. The largest absolute Gasteiger partial charge is 0.371 e. The van der Waals surface area contributed by atoms with Crippen molar-refractivity contribution in [3.05, 3.63) is 101 Å². The minimum Gasteiger partial charge on any atom is -0.371 e. The van der Waals surface area contributed by atoms with Crippen LogP contribution in [0, 0.1) is 24.1 Å². The monoisotopic (exact) mass is 496 g/mol. The summed E-state index contributed by atoms with van der Waals surface area (Å²) in [6.07, 6.45) is 5.11. The summed E-state index contributed by atoms with van der Waals surface area (Å²) >= 11 is 0. The van der Waals surface area contributed by atoms with E-state index in [1.165, 1.54) is 12.0 Å². The van der Waals surface area contributed by atoms with Gasteiger partial charge in [-0.15, -0.1) is 0 Å². The number of aliphatic imine (C=N–C) groups is 1. The second-order valence-electron chi connectivity index (χ2n) is 9.94. The van der Waals surface area contributed by atoms with Crippen LogP contribution in [-0.4, -0.2) is 48.5 Å². The summed E-state index contributed by atoms with van der Waals surface area (Å²) in [5.74, 6) is 1.60. The lowest BCUT2D eigenvalue weighted by molar-refractivity contribution is 0.221. The van der Waals surface area contributed by atoms with Crippen molar-refractivity contribution in [3.63, 3.8) is 0 Å². The van der Waals surface area contributed by atoms with Crippen LogP contribution in [0.5, 0.6) is 0 Å². The summed E-state index contributed by atoms with van der Waals surface area (Å²) in [5.41, 5.74) is 5.63. The van der Waals surface area contributed by atoms with Crippen molar-refractivity contribution < 1.29 is 4.39 Å². The standard InChI is InChI=1S/C30H33FN6/c1-20-15-28(31)27(30-34-19-33-29(16-21(2)35-30)37-11-4-12-37)17-26(20)22(3)36-13-9-25(10-14-36)24-7-5-23(18-32)6-8-24/h5-8,15-17,25,33H,2-4,9-14,19H2,1H3,(H,34,35)/b29-16+. The first-order valence-electron chi connectivity index (χ1n) is 12.9. The van der Waals surface area contributed by atoms with E-state index < -0.39 is 0 Å². The zero-order valence-electron chi connectivity index (χ0n) is 21.4. The first-order valence-corrected chi connectivity index (χ1v) is 12.9. The zero-order chi connectivity index (χ0) is 25.9. The summed E-state index contributed by atoms with van der Waals surface area (Å²) in [7, 11) is 0. The van der Waals surface area contributed by atoms with Gasteiger partial charge in [0.05, 0.1) is 29.6 Å². The maximum atomic E-state index is 15.2. The highest BCUT2D eigenvalue weighted by Gasteiger charge is 2.24. The van der Waals surface area contributed by atoms with Crippen molar-refractivity contribution in [3.8, 4) is 6.07 Å². The Morgan fingerprint density at radius 1 is 1.11 bits per heavy atom. The van der Waals surface area contributed by atoms with Gasteiger partial charge in [-0.1, -0.05) is 25.3 Å². The van der Waals surface area contributed by atoms with Crippen LogP contribution < -0.4 is 10.6 Å². The maximum absolute atomic E-state index is 15.2. The van der Waals surface area contributed by atoms with Crippen LogP contribution in [0.15, 0.2) is 72.1 Å². The van der Waals surface area contributed by atoms with E-state index in [1.807, 2.05) is 31.2 Å². The normalized spacial score (nSPS) is 21.2. The number of amidine groups is 1. The smallest absolute Gasteiger partial charge is 0.138 e. The van der Waals surface area contributed by atoms with Crippen LogP contribution in [0.4, 0.5) is 4.39 Å². The number of benzene rings is 2. The van der Waals surface area contributed by atoms with Gasteiger partial charge in [0.25, 0.3) is 0 Å². The van der Waals surface area contributed by atoms with Crippen LogP contribution in [0.2, 0.25) is 0 Å². The molecule has 3 aliphatic heterocycles. The topological polar surface area (TPSA) is 66.7 Å². The fourth-order valence-electron chi connectivity index (χ4n) is 5.21. The van der Waals surface area contributed by atoms with E-state index in [1.54, 1.807) is 6.07 Å². The fourth-order valence-corrected chi connectivity index (χ4v) is 5.21. The van der Waals surface area contributed by atoms with Gasteiger partial charge in [0.1, 0.15) is 17.5 Å². The Kier molecular flexibility index (Phi) is 7.00. The third kappa shape index (κ3) is 5.24. The molecule has 2 saturated heterocycles. The Morgan fingerprint density at radius 2 is 1.84 bits per heavy atom. The third-order valence-electron chi connectivity index (χ3n) is 7.55. The Morgan fingerprint density at radius 3 is 2.49 bits per heavy atom. The first kappa shape index (κ1) is 24.6.